The van der Waals surface area contributed by atoms with E-state index in [1.807, 2.05) is 6.07 Å². The Bertz CT molecular complexity index is 709. The Morgan fingerprint density at radius 2 is 2.09 bits per heavy atom. The number of carbonyl (C=O) groups excluding carboxylic acids is 2. The molecule has 0 radical (unpaired) electrons. The van der Waals surface area contributed by atoms with Gasteiger partial charge in [0.15, 0.2) is 6.10 Å². The predicted molar refractivity (Wildman–Crippen MR) is 86.9 cm³/mol. The molecule has 1 aromatic heterocycles. The van der Waals surface area contributed by atoms with Gasteiger partial charge in [0.25, 0.3) is 5.91 Å². The van der Waals surface area contributed by atoms with Crippen molar-refractivity contribution in [2.45, 2.75) is 13.0 Å². The normalized spacial score (nSPS) is 11.6. The molecule has 5 nitrogen and oxygen atoms in total. The Hall–Kier alpha value is -1.92. The van der Waals surface area contributed by atoms with Crippen molar-refractivity contribution < 1.29 is 14.3 Å². The number of carbonyl (C=O) groups is 2. The minimum absolute atomic E-state index is 0.0506. The highest BCUT2D eigenvalue weighted by Crippen LogP contribution is 2.16. The van der Waals surface area contributed by atoms with Crippen LogP contribution in [0, 0.1) is 0 Å². The van der Waals surface area contributed by atoms with Crippen molar-refractivity contribution in [1.82, 2.24) is 4.98 Å². The van der Waals surface area contributed by atoms with E-state index < -0.39 is 18.0 Å². The van der Waals surface area contributed by atoms with Crippen molar-refractivity contribution in [2.75, 3.05) is 5.32 Å². The van der Waals surface area contributed by atoms with Crippen LogP contribution in [0.2, 0.25) is 5.02 Å². The first-order valence-corrected chi connectivity index (χ1v) is 7.52. The van der Waals surface area contributed by atoms with E-state index in [0.717, 1.165) is 4.47 Å². The van der Waals surface area contributed by atoms with E-state index in [9.17, 15) is 9.59 Å². The zero-order valence-corrected chi connectivity index (χ0v) is 13.9. The van der Waals surface area contributed by atoms with Gasteiger partial charge >= 0.3 is 5.97 Å². The number of nitrogens with zero attached hydrogens (tertiary/aromatic N) is 1. The molecule has 1 amide bonds. The highest BCUT2D eigenvalue weighted by molar-refractivity contribution is 9.10. The van der Waals surface area contributed by atoms with E-state index in [4.69, 9.17) is 16.3 Å². The number of hydrogen-bond acceptors (Lipinski definition) is 4. The van der Waals surface area contributed by atoms with Gasteiger partial charge in [0, 0.05) is 21.4 Å². The molecule has 0 aliphatic heterocycles. The Kier molecular flexibility index (Phi) is 5.51. The Labute approximate surface area is 140 Å². The molecule has 1 N–H and O–H groups in total. The minimum Gasteiger partial charge on any atom is -0.448 e. The molecule has 0 aliphatic rings. The van der Waals surface area contributed by atoms with Crippen molar-refractivity contribution in [3.05, 3.63) is 57.8 Å². The van der Waals surface area contributed by atoms with Gasteiger partial charge in [-0.3, -0.25) is 4.79 Å². The van der Waals surface area contributed by atoms with Crippen LogP contribution in [0.15, 0.2) is 47.1 Å². The second-order valence-electron chi connectivity index (χ2n) is 4.41. The zero-order chi connectivity index (χ0) is 16.1. The number of benzene rings is 1. The van der Waals surface area contributed by atoms with E-state index >= 15 is 0 Å². The van der Waals surface area contributed by atoms with E-state index in [0.29, 0.717) is 10.7 Å². The van der Waals surface area contributed by atoms with Crippen LogP contribution >= 0.6 is 27.5 Å². The van der Waals surface area contributed by atoms with Gasteiger partial charge < -0.3 is 10.1 Å². The van der Waals surface area contributed by atoms with Gasteiger partial charge in [0.05, 0.1) is 0 Å². The van der Waals surface area contributed by atoms with Gasteiger partial charge in [-0.25, -0.2) is 9.78 Å². The SMILES string of the molecule is C[C@H](OC(=O)c1cc(Cl)ccn1)C(=O)Nc1cccc(Br)c1. The van der Waals surface area contributed by atoms with Gasteiger partial charge in [0.1, 0.15) is 5.69 Å². The van der Waals surface area contributed by atoms with Crippen LogP contribution in [0.3, 0.4) is 0 Å². The molecule has 0 unspecified atom stereocenters. The molecule has 1 heterocycles. The summed E-state index contributed by atoms with van der Waals surface area (Å²) in [5.74, 6) is -1.15. The number of nitrogens with one attached hydrogen (secondary N) is 1. The smallest absolute Gasteiger partial charge is 0.357 e. The maximum atomic E-state index is 12.0. The Balaban J connectivity index is 1.98. The van der Waals surface area contributed by atoms with E-state index in [1.165, 1.54) is 19.2 Å². The Morgan fingerprint density at radius 1 is 1.32 bits per heavy atom. The van der Waals surface area contributed by atoms with Crippen molar-refractivity contribution in [3.8, 4) is 0 Å². The topological polar surface area (TPSA) is 68.3 Å². The average molecular weight is 384 g/mol. The van der Waals surface area contributed by atoms with E-state index in [1.54, 1.807) is 24.3 Å². The molecule has 22 heavy (non-hydrogen) atoms. The van der Waals surface area contributed by atoms with Crippen LogP contribution in [0.25, 0.3) is 0 Å². The summed E-state index contributed by atoms with van der Waals surface area (Å²) in [5, 5.41) is 3.03. The van der Waals surface area contributed by atoms with Crippen molar-refractivity contribution in [1.29, 1.82) is 0 Å². The summed E-state index contributed by atoms with van der Waals surface area (Å²) in [6, 6.07) is 10.0. The highest BCUT2D eigenvalue weighted by Gasteiger charge is 2.20. The first-order valence-electron chi connectivity index (χ1n) is 6.34. The maximum absolute atomic E-state index is 12.0. The zero-order valence-electron chi connectivity index (χ0n) is 11.5. The minimum atomic E-state index is -0.965. The molecular formula is C15H12BrClN2O3. The average Bonchev–Trinajstić information content (AvgIpc) is 2.47. The fourth-order valence-electron chi connectivity index (χ4n) is 1.60. The summed E-state index contributed by atoms with van der Waals surface area (Å²) in [6.45, 7) is 1.48. The molecular weight excluding hydrogens is 372 g/mol. The van der Waals surface area contributed by atoms with Crippen LogP contribution < -0.4 is 5.32 Å². The van der Waals surface area contributed by atoms with Crippen LogP contribution in [0.1, 0.15) is 17.4 Å². The molecule has 114 valence electrons. The first kappa shape index (κ1) is 16.5. The molecule has 0 bridgehead atoms. The van der Waals surface area contributed by atoms with Gasteiger partial charge in [-0.2, -0.15) is 0 Å². The lowest BCUT2D eigenvalue weighted by Crippen LogP contribution is -2.30. The first-order chi connectivity index (χ1) is 10.5. The van der Waals surface area contributed by atoms with Gasteiger partial charge in [-0.15, -0.1) is 0 Å². The van der Waals surface area contributed by atoms with Gasteiger partial charge in [-0.05, 0) is 37.3 Å². The number of rotatable bonds is 4. The number of pyridine rings is 1. The molecule has 1 atom stereocenters. The quantitative estimate of drug-likeness (QED) is 0.818. The lowest BCUT2D eigenvalue weighted by atomic mass is 10.3. The molecule has 7 heteroatoms. The number of esters is 1. The summed E-state index contributed by atoms with van der Waals surface area (Å²) in [7, 11) is 0. The fraction of sp³-hybridized carbons (Fsp3) is 0.133. The fourth-order valence-corrected chi connectivity index (χ4v) is 2.16. The number of anilines is 1. The van der Waals surface area contributed by atoms with Crippen molar-refractivity contribution in [3.63, 3.8) is 0 Å². The molecule has 2 rings (SSSR count). The lowest BCUT2D eigenvalue weighted by Gasteiger charge is -2.13. The molecule has 0 aliphatic carbocycles. The molecule has 0 spiro atoms. The third-order valence-electron chi connectivity index (χ3n) is 2.68. The number of amides is 1. The Morgan fingerprint density at radius 3 is 2.77 bits per heavy atom. The summed E-state index contributed by atoms with van der Waals surface area (Å²) >= 11 is 9.09. The highest BCUT2D eigenvalue weighted by atomic mass is 79.9. The summed E-state index contributed by atoms with van der Waals surface area (Å²) in [5.41, 5.74) is 0.651. The number of aromatic nitrogens is 1. The largest absolute Gasteiger partial charge is 0.448 e. The molecule has 0 saturated carbocycles. The van der Waals surface area contributed by atoms with Crippen LogP contribution in [0.4, 0.5) is 5.69 Å². The summed E-state index contributed by atoms with van der Waals surface area (Å²) in [4.78, 5) is 27.7. The summed E-state index contributed by atoms with van der Waals surface area (Å²) < 4.78 is 5.90. The molecule has 1 aromatic carbocycles. The van der Waals surface area contributed by atoms with Crippen molar-refractivity contribution >= 4 is 45.1 Å². The van der Waals surface area contributed by atoms with Gasteiger partial charge in [-0.1, -0.05) is 33.6 Å². The van der Waals surface area contributed by atoms with Crippen LogP contribution in [-0.4, -0.2) is 23.0 Å². The third-order valence-corrected chi connectivity index (χ3v) is 3.40. The lowest BCUT2D eigenvalue weighted by molar-refractivity contribution is -0.123. The number of ether oxygens (including phenoxy) is 1. The van der Waals surface area contributed by atoms with Gasteiger partial charge in [0.2, 0.25) is 0 Å². The second-order valence-corrected chi connectivity index (χ2v) is 5.76. The number of hydrogen-bond donors (Lipinski definition) is 1. The number of halogens is 2. The summed E-state index contributed by atoms with van der Waals surface area (Å²) in [6.07, 6.45) is 0.429. The maximum Gasteiger partial charge on any atom is 0.357 e. The molecule has 2 aromatic rings. The monoisotopic (exact) mass is 382 g/mol. The van der Waals surface area contributed by atoms with Crippen LogP contribution in [-0.2, 0) is 9.53 Å². The predicted octanol–water partition coefficient (Wildman–Crippen LogP) is 3.68. The van der Waals surface area contributed by atoms with Crippen molar-refractivity contribution in [2.24, 2.45) is 0 Å². The van der Waals surface area contributed by atoms with Crippen LogP contribution in [0.5, 0.6) is 0 Å². The molecule has 0 fully saturated rings. The van der Waals surface area contributed by atoms with E-state index in [2.05, 4.69) is 26.2 Å². The third kappa shape index (κ3) is 4.54. The molecule has 0 saturated heterocycles. The van der Waals surface area contributed by atoms with E-state index in [-0.39, 0.29) is 5.69 Å². The standard InChI is InChI=1S/C15H12BrClN2O3/c1-9(14(20)19-12-4-2-3-10(16)7-12)22-15(21)13-8-11(17)5-6-18-13/h2-9H,1H3,(H,19,20)/t9-/m0/s1. The second kappa shape index (κ2) is 7.38.